The zero-order chi connectivity index (χ0) is 13.2. The van der Waals surface area contributed by atoms with E-state index in [-0.39, 0.29) is 0 Å². The van der Waals surface area contributed by atoms with Crippen LogP contribution >= 0.6 is 0 Å². The lowest BCUT2D eigenvalue weighted by molar-refractivity contribution is 0.0942. The van der Waals surface area contributed by atoms with Gasteiger partial charge < -0.3 is 9.84 Å². The summed E-state index contributed by atoms with van der Waals surface area (Å²) in [7, 11) is 0. The van der Waals surface area contributed by atoms with Gasteiger partial charge in [-0.25, -0.2) is 0 Å². The highest BCUT2D eigenvalue weighted by molar-refractivity contribution is 5.44. The van der Waals surface area contributed by atoms with E-state index in [0.717, 1.165) is 18.9 Å². The van der Waals surface area contributed by atoms with E-state index in [4.69, 9.17) is 4.74 Å². The average Bonchev–Trinajstić information content (AvgIpc) is 2.84. The third kappa shape index (κ3) is 2.44. The Morgan fingerprint density at radius 2 is 2.05 bits per heavy atom. The molecular formula is C16H23NO2. The lowest BCUT2D eigenvalue weighted by Gasteiger charge is -2.37. The smallest absolute Gasteiger partial charge is 0.127 e. The molecule has 1 heterocycles. The molecule has 1 aromatic carbocycles. The highest BCUT2D eigenvalue weighted by atomic mass is 16.5. The van der Waals surface area contributed by atoms with Crippen LogP contribution in [0.15, 0.2) is 18.2 Å². The molecule has 1 aliphatic carbocycles. The summed E-state index contributed by atoms with van der Waals surface area (Å²) < 4.78 is 5.76. The van der Waals surface area contributed by atoms with Crippen molar-refractivity contribution in [3.05, 3.63) is 23.8 Å². The summed E-state index contributed by atoms with van der Waals surface area (Å²) in [5, 5.41) is 9.53. The van der Waals surface area contributed by atoms with Crippen molar-refractivity contribution in [2.45, 2.75) is 51.1 Å². The van der Waals surface area contributed by atoms with E-state index in [9.17, 15) is 5.11 Å². The maximum absolute atomic E-state index is 9.53. The van der Waals surface area contributed by atoms with Crippen LogP contribution in [0, 0.1) is 0 Å². The molecule has 0 aromatic heterocycles. The highest BCUT2D eigenvalue weighted by Crippen LogP contribution is 2.40. The zero-order valence-electron chi connectivity index (χ0n) is 11.6. The van der Waals surface area contributed by atoms with Crippen molar-refractivity contribution >= 4 is 0 Å². The number of phenolic OH excluding ortho intramolecular Hbond substituents is 1. The molecular weight excluding hydrogens is 238 g/mol. The summed E-state index contributed by atoms with van der Waals surface area (Å²) in [6.45, 7) is 4.04. The maximum atomic E-state index is 9.53. The molecule has 1 atom stereocenters. The Labute approximate surface area is 115 Å². The fraction of sp³-hybridized carbons (Fsp3) is 0.625. The molecule has 1 aromatic rings. The second kappa shape index (κ2) is 5.41. The first-order valence-electron chi connectivity index (χ1n) is 7.51. The van der Waals surface area contributed by atoms with Crippen molar-refractivity contribution in [1.82, 2.24) is 4.90 Å². The first kappa shape index (κ1) is 12.8. The van der Waals surface area contributed by atoms with E-state index in [1.165, 1.54) is 37.7 Å². The predicted octanol–water partition coefficient (Wildman–Crippen LogP) is 3.48. The number of hydrogen-bond acceptors (Lipinski definition) is 3. The summed E-state index contributed by atoms with van der Waals surface area (Å²) in [6, 6.07) is 6.60. The first-order chi connectivity index (χ1) is 9.29. The number of hydrogen-bond donors (Lipinski definition) is 1. The monoisotopic (exact) mass is 261 g/mol. The van der Waals surface area contributed by atoms with Gasteiger partial charge in [0.1, 0.15) is 18.1 Å². The van der Waals surface area contributed by atoms with E-state index in [1.54, 1.807) is 12.1 Å². The molecule has 0 spiro atoms. The van der Waals surface area contributed by atoms with Crippen LogP contribution in [0.3, 0.4) is 0 Å². The molecule has 0 amide bonds. The van der Waals surface area contributed by atoms with Gasteiger partial charge in [-0.15, -0.1) is 0 Å². The van der Waals surface area contributed by atoms with Crippen molar-refractivity contribution < 1.29 is 9.84 Å². The Kier molecular flexibility index (Phi) is 3.65. The molecule has 3 heteroatoms. The van der Waals surface area contributed by atoms with Crippen molar-refractivity contribution in [3.8, 4) is 11.5 Å². The van der Waals surface area contributed by atoms with E-state index in [1.807, 2.05) is 6.07 Å². The molecule has 0 radical (unpaired) electrons. The van der Waals surface area contributed by atoms with Gasteiger partial charge in [0.05, 0.1) is 6.04 Å². The number of ether oxygens (including phenoxy) is 1. The Morgan fingerprint density at radius 1 is 1.26 bits per heavy atom. The van der Waals surface area contributed by atoms with Crippen molar-refractivity contribution in [3.63, 3.8) is 0 Å². The van der Waals surface area contributed by atoms with Gasteiger partial charge in [-0.1, -0.05) is 26.2 Å². The van der Waals surface area contributed by atoms with E-state index in [2.05, 4.69) is 11.8 Å². The number of fused-ring (bicyclic) bond motifs is 1. The molecule has 3 nitrogen and oxygen atoms in total. The van der Waals surface area contributed by atoms with Crippen LogP contribution in [0.2, 0.25) is 0 Å². The molecule has 2 aliphatic rings. The summed E-state index contributed by atoms with van der Waals surface area (Å²) in [5.74, 6) is 1.15. The molecule has 1 unspecified atom stereocenters. The van der Waals surface area contributed by atoms with Crippen LogP contribution in [-0.2, 0) is 0 Å². The number of nitrogens with zero attached hydrogens (tertiary/aromatic N) is 1. The minimum absolute atomic E-state index is 0.292. The van der Waals surface area contributed by atoms with Gasteiger partial charge in [0, 0.05) is 17.7 Å². The van der Waals surface area contributed by atoms with Crippen molar-refractivity contribution in [2.24, 2.45) is 0 Å². The van der Waals surface area contributed by atoms with Crippen LogP contribution in [0.4, 0.5) is 0 Å². The Hall–Kier alpha value is -1.22. The van der Waals surface area contributed by atoms with E-state index in [0.29, 0.717) is 17.8 Å². The standard InChI is InChI=1S/C16H23NO2/c1-2-17(12-6-4-3-5-7-12)15-11-19-16-10-13(18)8-9-14(15)16/h8-10,12,15,18H,2-7,11H2,1H3. The third-order valence-electron chi connectivity index (χ3n) is 4.56. The van der Waals surface area contributed by atoms with Crippen molar-refractivity contribution in [1.29, 1.82) is 0 Å². The Morgan fingerprint density at radius 3 is 2.79 bits per heavy atom. The summed E-state index contributed by atoms with van der Waals surface area (Å²) in [6.07, 6.45) is 6.74. The summed E-state index contributed by atoms with van der Waals surface area (Å²) in [5.41, 5.74) is 1.24. The SMILES string of the molecule is CCN(C1CCCCC1)C1COc2cc(O)ccc21. The van der Waals surface area contributed by atoms with E-state index < -0.39 is 0 Å². The molecule has 1 aliphatic heterocycles. The largest absolute Gasteiger partial charge is 0.508 e. The van der Waals surface area contributed by atoms with Gasteiger partial charge in [-0.3, -0.25) is 4.90 Å². The molecule has 104 valence electrons. The topological polar surface area (TPSA) is 32.7 Å². The maximum Gasteiger partial charge on any atom is 0.127 e. The minimum atomic E-state index is 0.292. The molecule has 3 rings (SSSR count). The lowest BCUT2D eigenvalue weighted by Crippen LogP contribution is -2.40. The minimum Gasteiger partial charge on any atom is -0.508 e. The van der Waals surface area contributed by atoms with E-state index >= 15 is 0 Å². The van der Waals surface area contributed by atoms with Gasteiger partial charge >= 0.3 is 0 Å². The first-order valence-corrected chi connectivity index (χ1v) is 7.51. The number of phenols is 1. The number of likely N-dealkylation sites (N-methyl/N-ethyl adjacent to an activating group) is 1. The lowest BCUT2D eigenvalue weighted by atomic mass is 9.92. The quantitative estimate of drug-likeness (QED) is 0.904. The van der Waals surface area contributed by atoms with Gasteiger partial charge in [-0.05, 0) is 31.5 Å². The van der Waals surface area contributed by atoms with Crippen LogP contribution < -0.4 is 4.74 Å². The third-order valence-corrected chi connectivity index (χ3v) is 4.56. The molecule has 1 saturated carbocycles. The van der Waals surface area contributed by atoms with Gasteiger partial charge in [-0.2, -0.15) is 0 Å². The molecule has 1 N–H and O–H groups in total. The second-order valence-electron chi connectivity index (χ2n) is 5.67. The molecule has 1 fully saturated rings. The van der Waals surface area contributed by atoms with Crippen LogP contribution in [0.25, 0.3) is 0 Å². The normalized spacial score (nSPS) is 23.4. The number of rotatable bonds is 3. The Bertz CT molecular complexity index is 440. The van der Waals surface area contributed by atoms with Crippen LogP contribution in [0.5, 0.6) is 11.5 Å². The zero-order valence-corrected chi connectivity index (χ0v) is 11.6. The molecule has 0 bridgehead atoms. The van der Waals surface area contributed by atoms with Crippen LogP contribution in [-0.4, -0.2) is 29.2 Å². The van der Waals surface area contributed by atoms with Crippen molar-refractivity contribution in [2.75, 3.05) is 13.2 Å². The average molecular weight is 261 g/mol. The Balaban J connectivity index is 1.82. The predicted molar refractivity (Wildman–Crippen MR) is 75.6 cm³/mol. The fourth-order valence-corrected chi connectivity index (χ4v) is 3.60. The second-order valence-corrected chi connectivity index (χ2v) is 5.67. The van der Waals surface area contributed by atoms with Crippen LogP contribution in [0.1, 0.15) is 50.6 Å². The summed E-state index contributed by atoms with van der Waals surface area (Å²) >= 11 is 0. The fourth-order valence-electron chi connectivity index (χ4n) is 3.60. The van der Waals surface area contributed by atoms with Gasteiger partial charge in [0.2, 0.25) is 0 Å². The van der Waals surface area contributed by atoms with Gasteiger partial charge in [0.15, 0.2) is 0 Å². The summed E-state index contributed by atoms with van der Waals surface area (Å²) in [4.78, 5) is 2.60. The number of benzene rings is 1. The molecule has 0 saturated heterocycles. The highest BCUT2D eigenvalue weighted by Gasteiger charge is 2.33. The number of aromatic hydroxyl groups is 1. The van der Waals surface area contributed by atoms with Gasteiger partial charge in [0.25, 0.3) is 0 Å². The molecule has 19 heavy (non-hydrogen) atoms.